The molecule has 0 unspecified atom stereocenters. The number of nitrogens with zero attached hydrogens (tertiary/aromatic N) is 1. The minimum atomic E-state index is -0.575. The van der Waals surface area contributed by atoms with Crippen LogP contribution in [-0.2, 0) is 14.3 Å². The van der Waals surface area contributed by atoms with Crippen LogP contribution in [0.4, 0.5) is 5.69 Å². The SMILES string of the molecule is CC(=O)Nc1ccc([C@H]2C(C#N)=C(N)OC3=C2C(=O)C[C@@H](c2ccccc2)C3)cc1. The number of Topliss-reactive ketones (excluding diaryl/α,β-unsaturated/α-hetero) is 1. The van der Waals surface area contributed by atoms with Gasteiger partial charge in [-0.3, -0.25) is 9.59 Å². The Kier molecular flexibility index (Phi) is 5.11. The minimum absolute atomic E-state index is 0.0108. The van der Waals surface area contributed by atoms with Crippen LogP contribution < -0.4 is 11.1 Å². The van der Waals surface area contributed by atoms with Crippen molar-refractivity contribution in [1.29, 1.82) is 5.26 Å². The highest BCUT2D eigenvalue weighted by Gasteiger charge is 2.40. The third kappa shape index (κ3) is 3.58. The van der Waals surface area contributed by atoms with Gasteiger partial charge in [-0.1, -0.05) is 42.5 Å². The summed E-state index contributed by atoms with van der Waals surface area (Å²) in [5, 5.41) is 12.4. The van der Waals surface area contributed by atoms with Crippen LogP contribution in [0.2, 0.25) is 0 Å². The van der Waals surface area contributed by atoms with E-state index >= 15 is 0 Å². The summed E-state index contributed by atoms with van der Waals surface area (Å²) >= 11 is 0. The Hall–Kier alpha value is -3.85. The standard InChI is InChI=1S/C24H21N3O3/c1-14(28)27-18-9-7-16(8-10-18)22-19(13-25)24(26)30-21-12-17(11-20(29)23(21)22)15-5-3-2-4-6-15/h2-10,17,22H,11-12,26H2,1H3,(H,27,28)/t17-,22+/m1/s1. The van der Waals surface area contributed by atoms with Crippen LogP contribution in [0.25, 0.3) is 0 Å². The maximum absolute atomic E-state index is 13.2. The fraction of sp³-hybridized carbons (Fsp3) is 0.208. The number of nitrogens with two attached hydrogens (primary N) is 1. The maximum Gasteiger partial charge on any atom is 0.221 e. The van der Waals surface area contributed by atoms with Gasteiger partial charge in [-0.2, -0.15) is 5.26 Å². The van der Waals surface area contributed by atoms with Gasteiger partial charge in [0.05, 0.1) is 5.92 Å². The van der Waals surface area contributed by atoms with E-state index < -0.39 is 5.92 Å². The molecule has 0 aromatic heterocycles. The van der Waals surface area contributed by atoms with Gasteiger partial charge in [0.1, 0.15) is 17.4 Å². The van der Waals surface area contributed by atoms with E-state index in [4.69, 9.17) is 10.5 Å². The summed E-state index contributed by atoms with van der Waals surface area (Å²) in [6.45, 7) is 1.44. The summed E-state index contributed by atoms with van der Waals surface area (Å²) in [5.41, 5.74) is 9.28. The summed E-state index contributed by atoms with van der Waals surface area (Å²) in [5.74, 6) is -0.205. The fourth-order valence-corrected chi connectivity index (χ4v) is 4.16. The molecule has 0 spiro atoms. The number of allylic oxidation sites excluding steroid dienone is 3. The predicted octanol–water partition coefficient (Wildman–Crippen LogP) is 3.85. The molecule has 0 saturated carbocycles. The maximum atomic E-state index is 13.2. The number of anilines is 1. The molecule has 1 aliphatic heterocycles. The third-order valence-corrected chi connectivity index (χ3v) is 5.50. The van der Waals surface area contributed by atoms with E-state index in [9.17, 15) is 14.9 Å². The molecule has 2 aromatic rings. The number of hydrogen-bond acceptors (Lipinski definition) is 5. The van der Waals surface area contributed by atoms with Crippen molar-refractivity contribution in [2.75, 3.05) is 5.32 Å². The molecule has 0 radical (unpaired) electrons. The average molecular weight is 399 g/mol. The molecule has 6 heteroatoms. The van der Waals surface area contributed by atoms with E-state index in [0.29, 0.717) is 29.9 Å². The Morgan fingerprint density at radius 2 is 1.80 bits per heavy atom. The van der Waals surface area contributed by atoms with Crippen LogP contribution in [0.5, 0.6) is 0 Å². The third-order valence-electron chi connectivity index (χ3n) is 5.50. The van der Waals surface area contributed by atoms with Crippen molar-refractivity contribution < 1.29 is 14.3 Å². The van der Waals surface area contributed by atoms with Crippen molar-refractivity contribution >= 4 is 17.4 Å². The Morgan fingerprint density at radius 3 is 2.43 bits per heavy atom. The van der Waals surface area contributed by atoms with Gasteiger partial charge in [0.25, 0.3) is 0 Å². The molecule has 2 atom stereocenters. The van der Waals surface area contributed by atoms with Crippen LogP contribution >= 0.6 is 0 Å². The first-order valence-electron chi connectivity index (χ1n) is 9.74. The molecular weight excluding hydrogens is 378 g/mol. The van der Waals surface area contributed by atoms with Gasteiger partial charge in [-0.15, -0.1) is 0 Å². The number of ether oxygens (including phenoxy) is 1. The van der Waals surface area contributed by atoms with Gasteiger partial charge in [-0.05, 0) is 29.2 Å². The summed E-state index contributed by atoms with van der Waals surface area (Å²) in [6, 6.07) is 19.1. The Labute approximate surface area is 174 Å². The Morgan fingerprint density at radius 1 is 1.10 bits per heavy atom. The Balaban J connectivity index is 1.73. The fourth-order valence-electron chi connectivity index (χ4n) is 4.16. The van der Waals surface area contributed by atoms with Gasteiger partial charge in [-0.25, -0.2) is 0 Å². The lowest BCUT2D eigenvalue weighted by molar-refractivity contribution is -0.117. The first kappa shape index (κ1) is 19.5. The van der Waals surface area contributed by atoms with Gasteiger partial charge < -0.3 is 15.8 Å². The molecule has 1 aliphatic carbocycles. The molecule has 3 N–H and O–H groups in total. The summed E-state index contributed by atoms with van der Waals surface area (Å²) in [4.78, 5) is 24.5. The summed E-state index contributed by atoms with van der Waals surface area (Å²) in [7, 11) is 0. The van der Waals surface area contributed by atoms with Crippen molar-refractivity contribution in [1.82, 2.24) is 0 Å². The van der Waals surface area contributed by atoms with E-state index in [0.717, 1.165) is 11.1 Å². The van der Waals surface area contributed by atoms with E-state index in [2.05, 4.69) is 11.4 Å². The number of rotatable bonds is 3. The normalized spacial score (nSPS) is 20.9. The van der Waals surface area contributed by atoms with Gasteiger partial charge in [0.2, 0.25) is 11.8 Å². The van der Waals surface area contributed by atoms with Crippen molar-refractivity contribution in [2.24, 2.45) is 5.73 Å². The monoisotopic (exact) mass is 399 g/mol. The Bertz CT molecular complexity index is 1110. The molecule has 150 valence electrons. The second-order valence-electron chi connectivity index (χ2n) is 7.50. The van der Waals surface area contributed by atoms with Crippen molar-refractivity contribution in [2.45, 2.75) is 31.6 Å². The molecule has 30 heavy (non-hydrogen) atoms. The minimum Gasteiger partial charge on any atom is -0.444 e. The predicted molar refractivity (Wildman–Crippen MR) is 112 cm³/mol. The molecule has 0 saturated heterocycles. The second kappa shape index (κ2) is 7.88. The summed E-state index contributed by atoms with van der Waals surface area (Å²) in [6.07, 6.45) is 0.899. The highest BCUT2D eigenvalue weighted by molar-refractivity contribution is 6.00. The molecule has 0 bridgehead atoms. The zero-order valence-corrected chi connectivity index (χ0v) is 16.5. The highest BCUT2D eigenvalue weighted by Crippen LogP contribution is 2.46. The number of nitriles is 1. The first-order valence-corrected chi connectivity index (χ1v) is 9.74. The second-order valence-corrected chi connectivity index (χ2v) is 7.50. The van der Waals surface area contributed by atoms with Crippen molar-refractivity contribution in [3.05, 3.63) is 88.5 Å². The molecule has 2 aliphatic rings. The quantitative estimate of drug-likeness (QED) is 0.815. The lowest BCUT2D eigenvalue weighted by Gasteiger charge is -2.34. The van der Waals surface area contributed by atoms with Crippen LogP contribution in [0.15, 0.2) is 77.4 Å². The number of benzene rings is 2. The van der Waals surface area contributed by atoms with E-state index in [1.54, 1.807) is 24.3 Å². The molecule has 2 aromatic carbocycles. The number of hydrogen-bond donors (Lipinski definition) is 2. The van der Waals surface area contributed by atoms with Crippen LogP contribution in [-0.4, -0.2) is 11.7 Å². The number of nitrogens with one attached hydrogen (secondary N) is 1. The smallest absolute Gasteiger partial charge is 0.221 e. The van der Waals surface area contributed by atoms with E-state index in [-0.39, 0.29) is 29.1 Å². The molecule has 1 heterocycles. The van der Waals surface area contributed by atoms with Gasteiger partial charge in [0, 0.05) is 31.0 Å². The zero-order chi connectivity index (χ0) is 21.3. The topological polar surface area (TPSA) is 105 Å². The highest BCUT2D eigenvalue weighted by atomic mass is 16.5. The zero-order valence-electron chi connectivity index (χ0n) is 16.5. The van der Waals surface area contributed by atoms with Gasteiger partial charge in [0.15, 0.2) is 5.78 Å². The van der Waals surface area contributed by atoms with Crippen molar-refractivity contribution in [3.8, 4) is 6.07 Å². The van der Waals surface area contributed by atoms with E-state index in [1.807, 2.05) is 30.3 Å². The number of carbonyl (C=O) groups is 2. The molecule has 4 rings (SSSR count). The molecule has 1 amide bonds. The number of amides is 1. The van der Waals surface area contributed by atoms with Gasteiger partial charge >= 0.3 is 0 Å². The summed E-state index contributed by atoms with van der Waals surface area (Å²) < 4.78 is 5.78. The molecule has 6 nitrogen and oxygen atoms in total. The van der Waals surface area contributed by atoms with Crippen LogP contribution in [0.1, 0.15) is 42.7 Å². The molecular formula is C24H21N3O3. The number of ketones is 1. The lowest BCUT2D eigenvalue weighted by atomic mass is 9.73. The lowest BCUT2D eigenvalue weighted by Crippen LogP contribution is -2.29. The van der Waals surface area contributed by atoms with Crippen molar-refractivity contribution in [3.63, 3.8) is 0 Å². The van der Waals surface area contributed by atoms with Crippen LogP contribution in [0, 0.1) is 11.3 Å². The largest absolute Gasteiger partial charge is 0.444 e. The number of carbonyl (C=O) groups excluding carboxylic acids is 2. The van der Waals surface area contributed by atoms with E-state index in [1.165, 1.54) is 6.92 Å². The van der Waals surface area contributed by atoms with Crippen LogP contribution in [0.3, 0.4) is 0 Å². The average Bonchev–Trinajstić information content (AvgIpc) is 2.73. The molecule has 0 fully saturated rings. The first-order chi connectivity index (χ1) is 14.5.